The number of hydrogen-bond acceptors (Lipinski definition) is 3. The zero-order valence-corrected chi connectivity index (χ0v) is 10.1. The summed E-state index contributed by atoms with van der Waals surface area (Å²) in [6.07, 6.45) is 0.956. The summed E-state index contributed by atoms with van der Waals surface area (Å²) in [4.78, 5) is 11.0. The Kier molecular flexibility index (Phi) is 2.77. The number of hydrogen-bond donors (Lipinski definition) is 1. The fourth-order valence-electron chi connectivity index (χ4n) is 2.35. The summed E-state index contributed by atoms with van der Waals surface area (Å²) >= 11 is 0. The summed E-state index contributed by atoms with van der Waals surface area (Å²) in [6, 6.07) is 6.05. The molecule has 1 N–H and O–H groups in total. The summed E-state index contributed by atoms with van der Waals surface area (Å²) in [5.74, 6) is -0.139. The molecule has 19 heavy (non-hydrogen) atoms. The highest BCUT2D eigenvalue weighted by Crippen LogP contribution is 2.25. The summed E-state index contributed by atoms with van der Waals surface area (Å²) < 4.78 is 14.8. The van der Waals surface area contributed by atoms with Crippen LogP contribution in [0.3, 0.4) is 0 Å². The van der Waals surface area contributed by atoms with Crippen molar-refractivity contribution in [2.24, 2.45) is 5.92 Å². The van der Waals surface area contributed by atoms with Gasteiger partial charge in [-0.25, -0.2) is 4.39 Å². The highest BCUT2D eigenvalue weighted by atomic mass is 19.1. The van der Waals surface area contributed by atoms with Gasteiger partial charge < -0.3 is 9.67 Å². The average molecular weight is 261 g/mol. The highest BCUT2D eigenvalue weighted by Gasteiger charge is 2.27. The lowest BCUT2D eigenvalue weighted by Gasteiger charge is -2.20. The third-order valence-electron chi connectivity index (χ3n) is 3.41. The molecule has 1 aromatic heterocycles. The van der Waals surface area contributed by atoms with Gasteiger partial charge in [-0.15, -0.1) is 10.2 Å². The maximum Gasteiger partial charge on any atom is 0.307 e. The Morgan fingerprint density at radius 1 is 1.32 bits per heavy atom. The molecule has 0 fully saturated rings. The second kappa shape index (κ2) is 4.46. The molecule has 2 heterocycles. The van der Waals surface area contributed by atoms with E-state index in [0.29, 0.717) is 31.0 Å². The van der Waals surface area contributed by atoms with Gasteiger partial charge in [0.1, 0.15) is 11.6 Å². The Morgan fingerprint density at radius 3 is 2.74 bits per heavy atom. The van der Waals surface area contributed by atoms with Gasteiger partial charge in [-0.3, -0.25) is 4.79 Å². The van der Waals surface area contributed by atoms with Gasteiger partial charge in [0.15, 0.2) is 5.82 Å². The second-order valence-electron chi connectivity index (χ2n) is 4.63. The Hall–Kier alpha value is -2.24. The Morgan fingerprint density at radius 2 is 2.05 bits per heavy atom. The minimum Gasteiger partial charge on any atom is -0.481 e. The molecule has 0 aliphatic carbocycles. The zero-order valence-electron chi connectivity index (χ0n) is 10.1. The van der Waals surface area contributed by atoms with Crippen LogP contribution in [0.2, 0.25) is 0 Å². The van der Waals surface area contributed by atoms with Crippen molar-refractivity contribution in [2.75, 3.05) is 0 Å². The minimum atomic E-state index is -0.794. The number of carboxylic acids is 1. The van der Waals surface area contributed by atoms with Crippen molar-refractivity contribution in [2.45, 2.75) is 19.4 Å². The number of nitrogens with zero attached hydrogens (tertiary/aromatic N) is 3. The number of carboxylic acid groups (broad SMARTS) is 1. The molecule has 0 saturated heterocycles. The van der Waals surface area contributed by atoms with Crippen LogP contribution in [0.4, 0.5) is 4.39 Å². The predicted octanol–water partition coefficient (Wildman–Crippen LogP) is 1.73. The van der Waals surface area contributed by atoms with Gasteiger partial charge in [0.05, 0.1) is 5.92 Å². The quantitative estimate of drug-likeness (QED) is 0.894. The van der Waals surface area contributed by atoms with Gasteiger partial charge in [-0.1, -0.05) is 0 Å². The Balaban J connectivity index is 1.95. The van der Waals surface area contributed by atoms with Crippen molar-refractivity contribution < 1.29 is 14.3 Å². The average Bonchev–Trinajstić information content (AvgIpc) is 2.82. The Bertz CT molecular complexity index is 621. The van der Waals surface area contributed by atoms with E-state index in [9.17, 15) is 9.18 Å². The molecule has 1 atom stereocenters. The molecule has 1 aromatic carbocycles. The monoisotopic (exact) mass is 261 g/mol. The smallest absolute Gasteiger partial charge is 0.307 e. The minimum absolute atomic E-state index is 0.298. The fourth-order valence-corrected chi connectivity index (χ4v) is 2.35. The van der Waals surface area contributed by atoms with Crippen molar-refractivity contribution in [1.82, 2.24) is 14.8 Å². The van der Waals surface area contributed by atoms with E-state index in [0.717, 1.165) is 5.56 Å². The number of aromatic nitrogens is 3. The Labute approximate surface area is 108 Å². The van der Waals surface area contributed by atoms with Crippen LogP contribution in [0.15, 0.2) is 24.3 Å². The molecule has 2 aromatic rings. The molecular formula is C13H12FN3O2. The molecule has 1 aliphatic heterocycles. The normalized spacial score (nSPS) is 18.1. The highest BCUT2D eigenvalue weighted by molar-refractivity contribution is 5.70. The van der Waals surface area contributed by atoms with Gasteiger partial charge in [-0.05, 0) is 30.7 Å². The maximum absolute atomic E-state index is 12.9. The first-order valence-corrected chi connectivity index (χ1v) is 6.06. The van der Waals surface area contributed by atoms with Crippen molar-refractivity contribution >= 4 is 5.97 Å². The third-order valence-corrected chi connectivity index (χ3v) is 3.41. The lowest BCUT2D eigenvalue weighted by Crippen LogP contribution is -2.26. The molecule has 1 aliphatic rings. The van der Waals surface area contributed by atoms with Crippen molar-refractivity contribution in [3.63, 3.8) is 0 Å². The molecule has 1 unspecified atom stereocenters. The van der Waals surface area contributed by atoms with Gasteiger partial charge in [0.2, 0.25) is 0 Å². The van der Waals surface area contributed by atoms with Crippen molar-refractivity contribution in [3.8, 4) is 11.4 Å². The molecule has 0 saturated carbocycles. The van der Waals surface area contributed by atoms with E-state index in [4.69, 9.17) is 5.11 Å². The largest absolute Gasteiger partial charge is 0.481 e. The van der Waals surface area contributed by atoms with Crippen LogP contribution in [-0.4, -0.2) is 25.8 Å². The first-order valence-electron chi connectivity index (χ1n) is 6.06. The van der Waals surface area contributed by atoms with E-state index in [1.807, 2.05) is 4.57 Å². The van der Waals surface area contributed by atoms with Gasteiger partial charge >= 0.3 is 5.97 Å². The number of rotatable bonds is 2. The summed E-state index contributed by atoms with van der Waals surface area (Å²) in [5, 5.41) is 17.2. The number of benzene rings is 1. The molecule has 0 radical (unpaired) electrons. The molecule has 6 heteroatoms. The number of halogens is 1. The molecule has 0 amide bonds. The molecule has 98 valence electrons. The molecular weight excluding hydrogens is 249 g/mol. The van der Waals surface area contributed by atoms with Crippen LogP contribution in [0.5, 0.6) is 0 Å². The van der Waals surface area contributed by atoms with Crippen LogP contribution >= 0.6 is 0 Å². The lowest BCUT2D eigenvalue weighted by molar-refractivity contribution is -0.142. The molecule has 5 nitrogen and oxygen atoms in total. The van der Waals surface area contributed by atoms with Crippen LogP contribution in [0.1, 0.15) is 12.2 Å². The van der Waals surface area contributed by atoms with Crippen LogP contribution in [0, 0.1) is 11.7 Å². The second-order valence-corrected chi connectivity index (χ2v) is 4.63. The van der Waals surface area contributed by atoms with E-state index in [1.54, 1.807) is 12.1 Å². The van der Waals surface area contributed by atoms with Crippen molar-refractivity contribution in [1.29, 1.82) is 0 Å². The van der Waals surface area contributed by atoms with E-state index >= 15 is 0 Å². The number of aliphatic carboxylic acids is 1. The fraction of sp³-hybridized carbons (Fsp3) is 0.308. The molecule has 0 spiro atoms. The number of fused-ring (bicyclic) bond motifs is 1. The van der Waals surface area contributed by atoms with E-state index in [2.05, 4.69) is 10.2 Å². The predicted molar refractivity (Wildman–Crippen MR) is 64.9 cm³/mol. The van der Waals surface area contributed by atoms with E-state index < -0.39 is 11.9 Å². The van der Waals surface area contributed by atoms with Gasteiger partial charge in [0, 0.05) is 18.5 Å². The van der Waals surface area contributed by atoms with E-state index in [1.165, 1.54) is 12.1 Å². The molecule has 3 rings (SSSR count). The molecule has 0 bridgehead atoms. The maximum atomic E-state index is 12.9. The van der Waals surface area contributed by atoms with E-state index in [-0.39, 0.29) is 5.82 Å². The van der Waals surface area contributed by atoms with Crippen LogP contribution in [0.25, 0.3) is 11.4 Å². The van der Waals surface area contributed by atoms with Gasteiger partial charge in [0.25, 0.3) is 0 Å². The first kappa shape index (κ1) is 11.8. The third kappa shape index (κ3) is 2.09. The van der Waals surface area contributed by atoms with Crippen molar-refractivity contribution in [3.05, 3.63) is 35.9 Å². The topological polar surface area (TPSA) is 68.0 Å². The standard InChI is InChI=1S/C13H12FN3O2/c14-10-3-1-8(2-4-10)12-16-15-11-7-9(13(18)19)5-6-17(11)12/h1-4,9H,5-7H2,(H,18,19). The van der Waals surface area contributed by atoms with Crippen LogP contribution in [-0.2, 0) is 17.8 Å². The first-order chi connectivity index (χ1) is 9.15. The number of carbonyl (C=O) groups is 1. The van der Waals surface area contributed by atoms with Gasteiger partial charge in [-0.2, -0.15) is 0 Å². The lowest BCUT2D eigenvalue weighted by atomic mass is 9.98. The summed E-state index contributed by atoms with van der Waals surface area (Å²) in [7, 11) is 0. The zero-order chi connectivity index (χ0) is 13.4. The van der Waals surface area contributed by atoms with Crippen LogP contribution < -0.4 is 0 Å². The SMILES string of the molecule is O=C(O)C1CCn2c(nnc2-c2ccc(F)cc2)C1. The summed E-state index contributed by atoms with van der Waals surface area (Å²) in [5.41, 5.74) is 0.786. The summed E-state index contributed by atoms with van der Waals surface area (Å²) in [6.45, 7) is 0.575.